The van der Waals surface area contributed by atoms with Gasteiger partial charge in [-0.15, -0.1) is 0 Å². The van der Waals surface area contributed by atoms with Crippen LogP contribution in [0.15, 0.2) is 28.7 Å². The Labute approximate surface area is 131 Å². The van der Waals surface area contributed by atoms with E-state index >= 15 is 0 Å². The number of hydrogen-bond acceptors (Lipinski definition) is 5. The molecule has 21 heavy (non-hydrogen) atoms. The molecule has 0 spiro atoms. The van der Waals surface area contributed by atoms with Crippen molar-refractivity contribution in [2.45, 2.75) is 38.5 Å². The van der Waals surface area contributed by atoms with E-state index in [4.69, 9.17) is 4.74 Å². The highest BCUT2D eigenvalue weighted by Crippen LogP contribution is 2.21. The van der Waals surface area contributed by atoms with Gasteiger partial charge in [0.25, 0.3) is 0 Å². The second kappa shape index (κ2) is 6.91. The Bertz CT molecular complexity index is 526. The number of rotatable bonds is 4. The summed E-state index contributed by atoms with van der Waals surface area (Å²) in [4.78, 5) is 22.8. The quantitative estimate of drug-likeness (QED) is 0.840. The lowest BCUT2D eigenvalue weighted by molar-refractivity contribution is -0.310. The smallest absolute Gasteiger partial charge is 0.408 e. The van der Waals surface area contributed by atoms with E-state index in [0.29, 0.717) is 10.0 Å². The number of carboxylic acids is 1. The molecule has 0 aliphatic carbocycles. The molecule has 2 N–H and O–H groups in total. The molecule has 0 radical (unpaired) electrons. The lowest BCUT2D eigenvalue weighted by Crippen LogP contribution is -2.52. The molecule has 0 saturated carbocycles. The fourth-order valence-electron chi connectivity index (χ4n) is 1.58. The number of alkyl carbamates (subject to hydrolysis) is 1. The topological polar surface area (TPSA) is 98.7 Å². The lowest BCUT2D eigenvalue weighted by Gasteiger charge is -2.27. The van der Waals surface area contributed by atoms with Gasteiger partial charge < -0.3 is 25.1 Å². The second-order valence-corrected chi connectivity index (χ2v) is 6.36. The fourth-order valence-corrected chi connectivity index (χ4v) is 2.00. The maximum absolute atomic E-state index is 11.6. The molecule has 7 heteroatoms. The van der Waals surface area contributed by atoms with Crippen molar-refractivity contribution in [3.8, 4) is 0 Å². The Morgan fingerprint density at radius 2 is 2.00 bits per heavy atom. The van der Waals surface area contributed by atoms with E-state index in [1.54, 1.807) is 45.0 Å². The van der Waals surface area contributed by atoms with E-state index in [1.165, 1.54) is 0 Å². The number of carboxylic acid groups (broad SMARTS) is 1. The van der Waals surface area contributed by atoms with E-state index in [2.05, 4.69) is 21.2 Å². The van der Waals surface area contributed by atoms with Crippen LogP contribution in [0.2, 0.25) is 0 Å². The van der Waals surface area contributed by atoms with Crippen LogP contribution in [0, 0.1) is 0 Å². The van der Waals surface area contributed by atoms with Crippen LogP contribution in [0.4, 0.5) is 4.79 Å². The van der Waals surface area contributed by atoms with Crippen molar-refractivity contribution < 1.29 is 24.5 Å². The molecule has 116 valence electrons. The molecular formula is C14H17BrNO5-. The van der Waals surface area contributed by atoms with Gasteiger partial charge in [-0.2, -0.15) is 0 Å². The molecule has 0 bridgehead atoms. The summed E-state index contributed by atoms with van der Waals surface area (Å²) < 4.78 is 5.64. The van der Waals surface area contributed by atoms with Gasteiger partial charge in [-0.25, -0.2) is 4.79 Å². The SMILES string of the molecule is CC(C)(C)OC(=O)N[C@@H](C(=O)[O-])[C@H](O)c1cccc(Br)c1. The monoisotopic (exact) mass is 358 g/mol. The maximum Gasteiger partial charge on any atom is 0.408 e. The molecule has 0 unspecified atom stereocenters. The van der Waals surface area contributed by atoms with Crippen LogP contribution >= 0.6 is 15.9 Å². The molecule has 1 amide bonds. The number of aliphatic hydroxyl groups excluding tert-OH is 1. The first kappa shape index (κ1) is 17.5. The van der Waals surface area contributed by atoms with Crippen LogP contribution in [-0.4, -0.2) is 28.8 Å². The zero-order valence-electron chi connectivity index (χ0n) is 11.9. The van der Waals surface area contributed by atoms with Gasteiger partial charge in [-0.05, 0) is 38.5 Å². The zero-order chi connectivity index (χ0) is 16.2. The van der Waals surface area contributed by atoms with Crippen LogP contribution in [0.3, 0.4) is 0 Å². The Morgan fingerprint density at radius 3 is 2.48 bits per heavy atom. The number of aliphatic carboxylic acids is 1. The summed E-state index contributed by atoms with van der Waals surface area (Å²) in [5.41, 5.74) is -0.448. The van der Waals surface area contributed by atoms with Crippen LogP contribution < -0.4 is 10.4 Å². The fraction of sp³-hybridized carbons (Fsp3) is 0.429. The van der Waals surface area contributed by atoms with Crippen molar-refractivity contribution in [3.63, 3.8) is 0 Å². The first-order valence-corrected chi connectivity index (χ1v) is 7.03. The van der Waals surface area contributed by atoms with Crippen molar-refractivity contribution in [2.75, 3.05) is 0 Å². The summed E-state index contributed by atoms with van der Waals surface area (Å²) >= 11 is 3.22. The third kappa shape index (κ3) is 5.73. The molecule has 6 nitrogen and oxygen atoms in total. The molecule has 2 atom stereocenters. The van der Waals surface area contributed by atoms with Gasteiger partial charge in [0.15, 0.2) is 0 Å². The van der Waals surface area contributed by atoms with Crippen molar-refractivity contribution in [3.05, 3.63) is 34.3 Å². The number of carbonyl (C=O) groups excluding carboxylic acids is 2. The van der Waals surface area contributed by atoms with Gasteiger partial charge in [0.1, 0.15) is 17.7 Å². The first-order valence-electron chi connectivity index (χ1n) is 6.24. The predicted octanol–water partition coefficient (Wildman–Crippen LogP) is 1.13. The summed E-state index contributed by atoms with van der Waals surface area (Å²) in [7, 11) is 0. The second-order valence-electron chi connectivity index (χ2n) is 5.44. The third-order valence-corrected chi connectivity index (χ3v) is 2.93. The summed E-state index contributed by atoms with van der Waals surface area (Å²) in [6, 6.07) is 4.85. The number of nitrogens with one attached hydrogen (secondary N) is 1. The van der Waals surface area contributed by atoms with E-state index in [-0.39, 0.29) is 0 Å². The Morgan fingerprint density at radius 1 is 1.38 bits per heavy atom. The average molecular weight is 359 g/mol. The summed E-state index contributed by atoms with van der Waals surface area (Å²) in [5, 5.41) is 23.4. The van der Waals surface area contributed by atoms with E-state index in [1.807, 2.05) is 0 Å². The highest BCUT2D eigenvalue weighted by Gasteiger charge is 2.26. The normalized spacial score (nSPS) is 14.1. The van der Waals surface area contributed by atoms with Crippen LogP contribution in [-0.2, 0) is 9.53 Å². The number of aliphatic hydroxyl groups is 1. The number of ether oxygens (including phenoxy) is 1. The third-order valence-electron chi connectivity index (χ3n) is 2.43. The molecule has 0 fully saturated rings. The molecule has 1 aromatic rings. The highest BCUT2D eigenvalue weighted by molar-refractivity contribution is 9.10. The molecule has 0 heterocycles. The van der Waals surface area contributed by atoms with Gasteiger partial charge in [-0.3, -0.25) is 0 Å². The minimum absolute atomic E-state index is 0.328. The predicted molar refractivity (Wildman–Crippen MR) is 77.3 cm³/mol. The molecule has 0 saturated heterocycles. The van der Waals surface area contributed by atoms with Crippen LogP contribution in [0.5, 0.6) is 0 Å². The Balaban J connectivity index is 2.87. The summed E-state index contributed by atoms with van der Waals surface area (Å²) in [5.74, 6) is -1.60. The maximum atomic E-state index is 11.6. The highest BCUT2D eigenvalue weighted by atomic mass is 79.9. The lowest BCUT2D eigenvalue weighted by atomic mass is 10.0. The molecule has 1 aromatic carbocycles. The molecule has 0 aromatic heterocycles. The minimum atomic E-state index is -1.62. The molecule has 0 aliphatic rings. The Kier molecular flexibility index (Phi) is 5.74. The van der Waals surface area contributed by atoms with E-state index in [0.717, 1.165) is 0 Å². The van der Waals surface area contributed by atoms with Gasteiger partial charge in [0.2, 0.25) is 0 Å². The standard InChI is InChI=1S/C14H18BrNO5/c1-14(2,3)21-13(20)16-10(12(18)19)11(17)8-5-4-6-9(15)7-8/h4-7,10-11,17H,1-3H3,(H,16,20)(H,18,19)/p-1/t10-,11-/m1/s1. The van der Waals surface area contributed by atoms with Crippen molar-refractivity contribution in [1.82, 2.24) is 5.32 Å². The largest absolute Gasteiger partial charge is 0.548 e. The van der Waals surface area contributed by atoms with E-state index in [9.17, 15) is 19.8 Å². The van der Waals surface area contributed by atoms with Crippen molar-refractivity contribution >= 4 is 28.0 Å². The van der Waals surface area contributed by atoms with Crippen LogP contribution in [0.1, 0.15) is 32.4 Å². The molecule has 1 rings (SSSR count). The first-order chi connectivity index (χ1) is 9.60. The average Bonchev–Trinajstić information content (AvgIpc) is 2.32. The number of carbonyl (C=O) groups is 2. The van der Waals surface area contributed by atoms with Crippen LogP contribution in [0.25, 0.3) is 0 Å². The number of amides is 1. The summed E-state index contributed by atoms with van der Waals surface area (Å²) in [6.45, 7) is 4.93. The van der Waals surface area contributed by atoms with Crippen molar-refractivity contribution in [2.24, 2.45) is 0 Å². The summed E-state index contributed by atoms with van der Waals surface area (Å²) in [6.07, 6.45) is -2.40. The van der Waals surface area contributed by atoms with Gasteiger partial charge >= 0.3 is 6.09 Å². The van der Waals surface area contributed by atoms with E-state index < -0.39 is 29.8 Å². The molecule has 0 aliphatic heterocycles. The molecular weight excluding hydrogens is 342 g/mol. The van der Waals surface area contributed by atoms with Gasteiger partial charge in [0, 0.05) is 4.47 Å². The van der Waals surface area contributed by atoms with Gasteiger partial charge in [0.05, 0.1) is 5.97 Å². The number of hydrogen-bond donors (Lipinski definition) is 2. The minimum Gasteiger partial charge on any atom is -0.548 e. The van der Waals surface area contributed by atoms with Gasteiger partial charge in [-0.1, -0.05) is 28.1 Å². The van der Waals surface area contributed by atoms with Crippen molar-refractivity contribution in [1.29, 1.82) is 0 Å². The number of halogens is 1. The number of benzene rings is 1. The zero-order valence-corrected chi connectivity index (χ0v) is 13.5. The Hall–Kier alpha value is -1.60.